The average molecular weight is 280 g/mol. The third-order valence-corrected chi connectivity index (χ3v) is 2.43. The monoisotopic (exact) mass is 280 g/mol. The molecule has 2 N–H and O–H groups in total. The van der Waals surface area contributed by atoms with Crippen LogP contribution in [0.1, 0.15) is 30.6 Å². The molecule has 0 atom stereocenters. The van der Waals surface area contributed by atoms with Gasteiger partial charge in [0, 0.05) is 12.1 Å². The molecule has 1 rings (SSSR count). The van der Waals surface area contributed by atoms with E-state index in [9.17, 15) is 9.59 Å². The van der Waals surface area contributed by atoms with Crippen LogP contribution in [0.3, 0.4) is 0 Å². The largest absolute Gasteiger partial charge is 0.462 e. The third kappa shape index (κ3) is 5.05. The second-order valence-corrected chi connectivity index (χ2v) is 4.06. The highest BCUT2D eigenvalue weighted by Crippen LogP contribution is 2.10. The maximum atomic E-state index is 11.4. The fraction of sp³-hybridized carbons (Fsp3) is 0.308. The number of hydrogen-bond donors (Lipinski definition) is 2. The zero-order chi connectivity index (χ0) is 14.3. The maximum Gasteiger partial charge on any atom is 0.338 e. The topological polar surface area (TPSA) is 67.4 Å². The zero-order valence-electron chi connectivity index (χ0n) is 10.9. The number of hydrogen-bond acceptors (Lipinski definition) is 4. The van der Waals surface area contributed by atoms with Crippen LogP contribution in [0.15, 0.2) is 24.3 Å². The number of carbonyl (C=O) groups is 2. The molecule has 0 aliphatic heterocycles. The molecule has 0 aliphatic carbocycles. The number of amides is 1. The maximum absolute atomic E-state index is 11.4. The molecule has 0 heterocycles. The molecule has 0 saturated carbocycles. The Kier molecular flexibility index (Phi) is 5.95. The van der Waals surface area contributed by atoms with Crippen LogP contribution >= 0.6 is 12.2 Å². The lowest BCUT2D eigenvalue weighted by Crippen LogP contribution is -2.33. The number of anilines is 1. The van der Waals surface area contributed by atoms with Crippen LogP contribution in [0.2, 0.25) is 0 Å². The number of carbonyl (C=O) groups excluding carboxylic acids is 2. The molecule has 0 unspecified atom stereocenters. The molecule has 0 bridgehead atoms. The van der Waals surface area contributed by atoms with Gasteiger partial charge in [0.05, 0.1) is 12.2 Å². The first-order valence-electron chi connectivity index (χ1n) is 5.94. The number of rotatable bonds is 4. The Morgan fingerprint density at radius 1 is 1.21 bits per heavy atom. The van der Waals surface area contributed by atoms with E-state index >= 15 is 0 Å². The van der Waals surface area contributed by atoms with Crippen molar-refractivity contribution < 1.29 is 14.3 Å². The summed E-state index contributed by atoms with van der Waals surface area (Å²) in [7, 11) is 0. The summed E-state index contributed by atoms with van der Waals surface area (Å²) in [5.41, 5.74) is 1.16. The molecule has 102 valence electrons. The number of esters is 1. The van der Waals surface area contributed by atoms with Gasteiger partial charge in [-0.2, -0.15) is 0 Å². The van der Waals surface area contributed by atoms with Gasteiger partial charge in [-0.15, -0.1) is 0 Å². The van der Waals surface area contributed by atoms with Crippen molar-refractivity contribution in [1.82, 2.24) is 5.32 Å². The second kappa shape index (κ2) is 7.48. The molecule has 19 heavy (non-hydrogen) atoms. The van der Waals surface area contributed by atoms with E-state index in [1.807, 2.05) is 0 Å². The minimum absolute atomic E-state index is 0.152. The number of ether oxygens (including phenoxy) is 1. The smallest absolute Gasteiger partial charge is 0.338 e. The first-order valence-corrected chi connectivity index (χ1v) is 6.35. The molecule has 0 fully saturated rings. The van der Waals surface area contributed by atoms with Crippen molar-refractivity contribution in [1.29, 1.82) is 0 Å². The molecule has 5 nitrogen and oxygen atoms in total. The van der Waals surface area contributed by atoms with Crippen molar-refractivity contribution in [3.63, 3.8) is 0 Å². The van der Waals surface area contributed by atoms with Crippen molar-refractivity contribution in [2.24, 2.45) is 0 Å². The van der Waals surface area contributed by atoms with E-state index in [1.54, 1.807) is 38.1 Å². The Balaban J connectivity index is 2.59. The SMILES string of the molecule is CCOC(=O)c1ccc(NC(=S)NC(=O)CC)cc1. The summed E-state index contributed by atoms with van der Waals surface area (Å²) in [5.74, 6) is -0.517. The number of benzene rings is 1. The van der Waals surface area contributed by atoms with Crippen molar-refractivity contribution in [3.05, 3.63) is 29.8 Å². The second-order valence-electron chi connectivity index (χ2n) is 3.65. The summed E-state index contributed by atoms with van der Waals surface area (Å²) in [5, 5.41) is 5.61. The molecule has 0 aliphatic rings. The van der Waals surface area contributed by atoms with E-state index in [4.69, 9.17) is 17.0 Å². The van der Waals surface area contributed by atoms with E-state index in [2.05, 4.69) is 10.6 Å². The molecule has 1 amide bonds. The third-order valence-electron chi connectivity index (χ3n) is 2.23. The number of thiocarbonyl (C=S) groups is 1. The highest BCUT2D eigenvalue weighted by atomic mass is 32.1. The van der Waals surface area contributed by atoms with Crippen LogP contribution in [0.4, 0.5) is 5.69 Å². The molecule has 1 aromatic rings. The van der Waals surface area contributed by atoms with Gasteiger partial charge in [0.15, 0.2) is 5.11 Å². The first kappa shape index (κ1) is 15.1. The van der Waals surface area contributed by atoms with Crippen LogP contribution in [-0.2, 0) is 9.53 Å². The van der Waals surface area contributed by atoms with Gasteiger partial charge in [-0.3, -0.25) is 4.79 Å². The van der Waals surface area contributed by atoms with E-state index in [1.165, 1.54) is 0 Å². The van der Waals surface area contributed by atoms with Crippen molar-refractivity contribution >= 4 is 34.9 Å². The van der Waals surface area contributed by atoms with Crippen LogP contribution in [0, 0.1) is 0 Å². The fourth-order valence-corrected chi connectivity index (χ4v) is 1.51. The lowest BCUT2D eigenvalue weighted by Gasteiger charge is -2.09. The van der Waals surface area contributed by atoms with Crippen molar-refractivity contribution in [2.45, 2.75) is 20.3 Å². The fourth-order valence-electron chi connectivity index (χ4n) is 1.28. The summed E-state index contributed by atoms with van der Waals surface area (Å²) in [6, 6.07) is 6.64. The van der Waals surface area contributed by atoms with Crippen LogP contribution in [0.25, 0.3) is 0 Å². The predicted octanol–water partition coefficient (Wildman–Crippen LogP) is 2.09. The van der Waals surface area contributed by atoms with Gasteiger partial charge in [-0.05, 0) is 43.4 Å². The minimum atomic E-state index is -0.365. The summed E-state index contributed by atoms with van der Waals surface area (Å²) in [6.07, 6.45) is 0.365. The van der Waals surface area contributed by atoms with Crippen molar-refractivity contribution in [2.75, 3.05) is 11.9 Å². The van der Waals surface area contributed by atoms with Gasteiger partial charge in [-0.1, -0.05) is 6.92 Å². The Bertz CT molecular complexity index is 471. The van der Waals surface area contributed by atoms with Crippen LogP contribution in [0.5, 0.6) is 0 Å². The molecule has 0 saturated heterocycles. The summed E-state index contributed by atoms with van der Waals surface area (Å²) < 4.78 is 4.87. The van der Waals surface area contributed by atoms with Gasteiger partial charge in [0.1, 0.15) is 0 Å². The van der Waals surface area contributed by atoms with Gasteiger partial charge in [0.25, 0.3) is 0 Å². The van der Waals surface area contributed by atoms with Gasteiger partial charge in [0.2, 0.25) is 5.91 Å². The summed E-state index contributed by atoms with van der Waals surface area (Å²) in [4.78, 5) is 22.6. The van der Waals surface area contributed by atoms with Crippen LogP contribution < -0.4 is 10.6 Å². The zero-order valence-corrected chi connectivity index (χ0v) is 11.7. The lowest BCUT2D eigenvalue weighted by atomic mass is 10.2. The van der Waals surface area contributed by atoms with Crippen LogP contribution in [-0.4, -0.2) is 23.6 Å². The standard InChI is InChI=1S/C13H16N2O3S/c1-3-11(16)15-13(19)14-10-7-5-9(6-8-10)12(17)18-4-2/h5-8H,3-4H2,1-2H3,(H2,14,15,16,19). The Labute approximate surface area is 117 Å². The van der Waals surface area contributed by atoms with Crippen molar-refractivity contribution in [3.8, 4) is 0 Å². The molecule has 0 radical (unpaired) electrons. The minimum Gasteiger partial charge on any atom is -0.462 e. The molecule has 1 aromatic carbocycles. The average Bonchev–Trinajstić information content (AvgIpc) is 2.39. The van der Waals surface area contributed by atoms with Gasteiger partial charge >= 0.3 is 5.97 Å². The molecular weight excluding hydrogens is 264 g/mol. The van der Waals surface area contributed by atoms with E-state index in [0.29, 0.717) is 24.3 Å². The molecule has 0 aromatic heterocycles. The Morgan fingerprint density at radius 2 is 1.84 bits per heavy atom. The molecule has 6 heteroatoms. The normalized spacial score (nSPS) is 9.58. The van der Waals surface area contributed by atoms with E-state index < -0.39 is 0 Å². The summed E-state index contributed by atoms with van der Waals surface area (Å²) in [6.45, 7) is 3.83. The Morgan fingerprint density at radius 3 is 2.37 bits per heavy atom. The van der Waals surface area contributed by atoms with E-state index in [-0.39, 0.29) is 17.0 Å². The summed E-state index contributed by atoms with van der Waals surface area (Å²) >= 11 is 4.97. The van der Waals surface area contributed by atoms with E-state index in [0.717, 1.165) is 0 Å². The highest BCUT2D eigenvalue weighted by molar-refractivity contribution is 7.80. The quantitative estimate of drug-likeness (QED) is 0.653. The number of nitrogens with one attached hydrogen (secondary N) is 2. The van der Waals surface area contributed by atoms with Gasteiger partial charge in [-0.25, -0.2) is 4.79 Å². The van der Waals surface area contributed by atoms with Gasteiger partial charge < -0.3 is 15.4 Å². The highest BCUT2D eigenvalue weighted by Gasteiger charge is 2.06. The molecular formula is C13H16N2O3S. The lowest BCUT2D eigenvalue weighted by molar-refractivity contribution is -0.119. The predicted molar refractivity (Wildman–Crippen MR) is 77.1 cm³/mol. The Hall–Kier alpha value is -1.95. The first-order chi connectivity index (χ1) is 9.06. The molecule has 0 spiro atoms.